The van der Waals surface area contributed by atoms with Crippen LogP contribution in [-0.2, 0) is 0 Å². The molecule has 1 atom stereocenters. The monoisotopic (exact) mass is 257 g/mol. The van der Waals surface area contributed by atoms with Crippen LogP contribution in [0.5, 0.6) is 0 Å². The molecular formula is C17H23NO. The van der Waals surface area contributed by atoms with Crippen molar-refractivity contribution in [3.8, 4) is 0 Å². The molecule has 2 aliphatic rings. The van der Waals surface area contributed by atoms with E-state index in [-0.39, 0.29) is 5.91 Å². The van der Waals surface area contributed by atoms with E-state index < -0.39 is 0 Å². The number of amides is 1. The van der Waals surface area contributed by atoms with Crippen LogP contribution >= 0.6 is 0 Å². The Balaban J connectivity index is 1.63. The molecule has 1 aromatic carbocycles. The van der Waals surface area contributed by atoms with Crippen LogP contribution in [-0.4, -0.2) is 23.9 Å². The Morgan fingerprint density at radius 3 is 2.42 bits per heavy atom. The van der Waals surface area contributed by atoms with Gasteiger partial charge in [-0.05, 0) is 37.3 Å². The largest absolute Gasteiger partial charge is 0.338 e. The lowest BCUT2D eigenvalue weighted by molar-refractivity contribution is 0.0782. The SMILES string of the molecule is Cc1ccc(C(=O)N2CCC(C3CCCC3)C2)cc1. The predicted octanol–water partition coefficient (Wildman–Crippen LogP) is 3.65. The summed E-state index contributed by atoms with van der Waals surface area (Å²) in [6, 6.07) is 7.97. The first kappa shape index (κ1) is 12.7. The lowest BCUT2D eigenvalue weighted by Gasteiger charge is -2.20. The van der Waals surface area contributed by atoms with Gasteiger partial charge in [0.05, 0.1) is 0 Å². The minimum atomic E-state index is 0.223. The maximum Gasteiger partial charge on any atom is 0.253 e. The van der Waals surface area contributed by atoms with Gasteiger partial charge in [0.2, 0.25) is 0 Å². The maximum absolute atomic E-state index is 12.4. The Kier molecular flexibility index (Phi) is 3.58. The molecule has 2 heteroatoms. The van der Waals surface area contributed by atoms with Gasteiger partial charge in [-0.3, -0.25) is 4.79 Å². The van der Waals surface area contributed by atoms with Crippen LogP contribution < -0.4 is 0 Å². The van der Waals surface area contributed by atoms with Crippen LogP contribution in [0.2, 0.25) is 0 Å². The van der Waals surface area contributed by atoms with Crippen LogP contribution in [0.4, 0.5) is 0 Å². The van der Waals surface area contributed by atoms with E-state index in [0.717, 1.165) is 30.5 Å². The summed E-state index contributed by atoms with van der Waals surface area (Å²) < 4.78 is 0. The summed E-state index contributed by atoms with van der Waals surface area (Å²) in [7, 11) is 0. The molecule has 2 nitrogen and oxygen atoms in total. The maximum atomic E-state index is 12.4. The quantitative estimate of drug-likeness (QED) is 0.792. The Morgan fingerprint density at radius 1 is 1.05 bits per heavy atom. The normalized spacial score (nSPS) is 24.1. The van der Waals surface area contributed by atoms with Gasteiger partial charge in [0.15, 0.2) is 0 Å². The molecule has 0 N–H and O–H groups in total. The molecule has 1 aliphatic heterocycles. The van der Waals surface area contributed by atoms with Crippen molar-refractivity contribution in [3.05, 3.63) is 35.4 Å². The van der Waals surface area contributed by atoms with E-state index in [2.05, 4.69) is 11.8 Å². The molecule has 1 aliphatic carbocycles. The number of nitrogens with zero attached hydrogens (tertiary/aromatic N) is 1. The minimum absolute atomic E-state index is 0.223. The van der Waals surface area contributed by atoms with E-state index in [1.54, 1.807) is 0 Å². The molecule has 1 saturated heterocycles. The van der Waals surface area contributed by atoms with Crippen LogP contribution in [0.15, 0.2) is 24.3 Å². The van der Waals surface area contributed by atoms with Gasteiger partial charge in [-0.1, -0.05) is 43.4 Å². The molecule has 1 unspecified atom stereocenters. The first-order chi connectivity index (χ1) is 9.24. The Hall–Kier alpha value is -1.31. The zero-order valence-corrected chi connectivity index (χ0v) is 11.8. The summed E-state index contributed by atoms with van der Waals surface area (Å²) >= 11 is 0. The highest BCUT2D eigenvalue weighted by atomic mass is 16.2. The summed E-state index contributed by atoms with van der Waals surface area (Å²) in [5.74, 6) is 1.87. The zero-order chi connectivity index (χ0) is 13.2. The van der Waals surface area contributed by atoms with E-state index in [4.69, 9.17) is 0 Å². The third-order valence-corrected chi connectivity index (χ3v) is 4.88. The van der Waals surface area contributed by atoms with Crippen LogP contribution in [0.25, 0.3) is 0 Å². The number of aryl methyl sites for hydroxylation is 1. The smallest absolute Gasteiger partial charge is 0.253 e. The fourth-order valence-corrected chi connectivity index (χ4v) is 3.66. The molecule has 0 spiro atoms. The van der Waals surface area contributed by atoms with E-state index in [1.807, 2.05) is 24.3 Å². The van der Waals surface area contributed by atoms with Crippen LogP contribution in [0.3, 0.4) is 0 Å². The van der Waals surface area contributed by atoms with Crippen molar-refractivity contribution in [3.63, 3.8) is 0 Å². The highest BCUT2D eigenvalue weighted by molar-refractivity contribution is 5.94. The summed E-state index contributed by atoms with van der Waals surface area (Å²) in [6.07, 6.45) is 6.77. The molecule has 2 fully saturated rings. The van der Waals surface area contributed by atoms with E-state index in [0.29, 0.717) is 0 Å². The number of likely N-dealkylation sites (tertiary alicyclic amines) is 1. The second-order valence-corrected chi connectivity index (χ2v) is 6.21. The molecule has 102 valence electrons. The van der Waals surface area contributed by atoms with Gasteiger partial charge in [-0.25, -0.2) is 0 Å². The van der Waals surface area contributed by atoms with Crippen LogP contribution in [0, 0.1) is 18.8 Å². The molecule has 1 saturated carbocycles. The van der Waals surface area contributed by atoms with Gasteiger partial charge < -0.3 is 4.90 Å². The Labute approximate surface area is 115 Å². The average Bonchev–Trinajstić information content (AvgIpc) is 3.10. The van der Waals surface area contributed by atoms with Crippen molar-refractivity contribution in [2.45, 2.75) is 39.0 Å². The molecule has 1 aromatic rings. The molecule has 1 amide bonds. The van der Waals surface area contributed by atoms with Crippen molar-refractivity contribution >= 4 is 5.91 Å². The fraction of sp³-hybridized carbons (Fsp3) is 0.588. The van der Waals surface area contributed by atoms with Crippen LogP contribution in [0.1, 0.15) is 48.0 Å². The molecule has 0 radical (unpaired) electrons. The first-order valence-electron chi connectivity index (χ1n) is 7.60. The Bertz CT molecular complexity index is 445. The average molecular weight is 257 g/mol. The second-order valence-electron chi connectivity index (χ2n) is 6.21. The van der Waals surface area contributed by atoms with E-state index >= 15 is 0 Å². The predicted molar refractivity (Wildman–Crippen MR) is 77.1 cm³/mol. The molecule has 3 rings (SSSR count). The molecule has 19 heavy (non-hydrogen) atoms. The summed E-state index contributed by atoms with van der Waals surface area (Å²) in [4.78, 5) is 14.5. The van der Waals surface area contributed by atoms with Gasteiger partial charge in [0.25, 0.3) is 5.91 Å². The third-order valence-electron chi connectivity index (χ3n) is 4.88. The van der Waals surface area contributed by atoms with Crippen molar-refractivity contribution in [2.24, 2.45) is 11.8 Å². The second kappa shape index (κ2) is 5.36. The van der Waals surface area contributed by atoms with Gasteiger partial charge in [-0.15, -0.1) is 0 Å². The fourth-order valence-electron chi connectivity index (χ4n) is 3.66. The van der Waals surface area contributed by atoms with Gasteiger partial charge >= 0.3 is 0 Å². The third kappa shape index (κ3) is 2.68. The molecule has 1 heterocycles. The van der Waals surface area contributed by atoms with Crippen molar-refractivity contribution in [1.82, 2.24) is 4.90 Å². The number of benzene rings is 1. The summed E-state index contributed by atoms with van der Waals surface area (Å²) in [5.41, 5.74) is 2.06. The first-order valence-corrected chi connectivity index (χ1v) is 7.60. The number of carbonyl (C=O) groups is 1. The Morgan fingerprint density at radius 2 is 1.74 bits per heavy atom. The zero-order valence-electron chi connectivity index (χ0n) is 11.8. The highest BCUT2D eigenvalue weighted by Gasteiger charge is 2.33. The van der Waals surface area contributed by atoms with Gasteiger partial charge in [0, 0.05) is 18.7 Å². The number of hydrogen-bond acceptors (Lipinski definition) is 1. The highest BCUT2D eigenvalue weighted by Crippen LogP contribution is 2.36. The standard InChI is InChI=1S/C17H23NO/c1-13-6-8-15(9-7-13)17(19)18-11-10-16(12-18)14-4-2-3-5-14/h6-9,14,16H,2-5,10-12H2,1H3. The van der Waals surface area contributed by atoms with Gasteiger partial charge in [-0.2, -0.15) is 0 Å². The molecule has 0 aromatic heterocycles. The summed E-state index contributed by atoms with van der Waals surface area (Å²) in [6.45, 7) is 3.99. The lowest BCUT2D eigenvalue weighted by atomic mass is 9.90. The van der Waals surface area contributed by atoms with E-state index in [1.165, 1.54) is 37.7 Å². The number of rotatable bonds is 2. The minimum Gasteiger partial charge on any atom is -0.338 e. The van der Waals surface area contributed by atoms with E-state index in [9.17, 15) is 4.79 Å². The number of carbonyl (C=O) groups excluding carboxylic acids is 1. The van der Waals surface area contributed by atoms with Crippen molar-refractivity contribution in [2.75, 3.05) is 13.1 Å². The molecular weight excluding hydrogens is 234 g/mol. The van der Waals surface area contributed by atoms with Crippen molar-refractivity contribution < 1.29 is 4.79 Å². The van der Waals surface area contributed by atoms with Gasteiger partial charge in [0.1, 0.15) is 0 Å². The topological polar surface area (TPSA) is 20.3 Å². The molecule has 0 bridgehead atoms. The lowest BCUT2D eigenvalue weighted by Crippen LogP contribution is -2.29. The number of hydrogen-bond donors (Lipinski definition) is 0. The summed E-state index contributed by atoms with van der Waals surface area (Å²) in [5, 5.41) is 0. The van der Waals surface area contributed by atoms with Crippen molar-refractivity contribution in [1.29, 1.82) is 0 Å².